The Kier molecular flexibility index (Phi) is 6.47. The van der Waals surface area contributed by atoms with E-state index in [-0.39, 0.29) is 17.6 Å². The van der Waals surface area contributed by atoms with Gasteiger partial charge in [-0.2, -0.15) is 0 Å². The molecule has 1 N–H and O–H groups in total. The molecule has 5 nitrogen and oxygen atoms in total. The number of halogens is 1. The summed E-state index contributed by atoms with van der Waals surface area (Å²) < 4.78 is 0. The first-order valence-electron chi connectivity index (χ1n) is 9.38. The van der Waals surface area contributed by atoms with Gasteiger partial charge in [0.15, 0.2) is 5.78 Å². The molecule has 0 saturated carbocycles. The summed E-state index contributed by atoms with van der Waals surface area (Å²) in [7, 11) is 0. The number of likely N-dealkylation sites (tertiary alicyclic amines) is 1. The number of carbonyl (C=O) groups excluding carboxylic acids is 3. The fourth-order valence-electron chi connectivity index (χ4n) is 3.42. The zero-order valence-corrected chi connectivity index (χ0v) is 16.5. The van der Waals surface area contributed by atoms with Gasteiger partial charge in [0.1, 0.15) is 0 Å². The number of ketones is 1. The number of benzene rings is 2. The third kappa shape index (κ3) is 4.78. The number of nitrogens with zero attached hydrogens (tertiary/aromatic N) is 1. The second-order valence-electron chi connectivity index (χ2n) is 7.05. The van der Waals surface area contributed by atoms with Crippen molar-refractivity contribution in [2.75, 3.05) is 19.6 Å². The van der Waals surface area contributed by atoms with E-state index in [1.165, 1.54) is 6.92 Å². The minimum atomic E-state index is -0.193. The first kappa shape index (κ1) is 20.1. The quantitative estimate of drug-likeness (QED) is 0.783. The molecule has 6 heteroatoms. The van der Waals surface area contributed by atoms with Gasteiger partial charge in [0.25, 0.3) is 5.91 Å². The normalized spacial score (nSPS) is 14.6. The average molecular weight is 399 g/mol. The molecule has 1 aliphatic heterocycles. The van der Waals surface area contributed by atoms with E-state index in [0.717, 1.165) is 12.8 Å². The lowest BCUT2D eigenvalue weighted by atomic mass is 9.94. The molecule has 1 fully saturated rings. The van der Waals surface area contributed by atoms with Crippen molar-refractivity contribution in [2.45, 2.75) is 19.8 Å². The minimum Gasteiger partial charge on any atom is -0.356 e. The lowest BCUT2D eigenvalue weighted by Gasteiger charge is -2.32. The molecular formula is C22H23ClN2O3. The maximum atomic E-state index is 13.1. The van der Waals surface area contributed by atoms with E-state index in [0.29, 0.717) is 47.3 Å². The van der Waals surface area contributed by atoms with Crippen LogP contribution in [0.2, 0.25) is 5.02 Å². The highest BCUT2D eigenvalue weighted by molar-refractivity contribution is 6.30. The van der Waals surface area contributed by atoms with E-state index >= 15 is 0 Å². The van der Waals surface area contributed by atoms with Crippen LogP contribution in [0.3, 0.4) is 0 Å². The van der Waals surface area contributed by atoms with Crippen LogP contribution >= 0.6 is 11.6 Å². The Bertz CT molecular complexity index is 872. The van der Waals surface area contributed by atoms with Gasteiger partial charge < -0.3 is 10.2 Å². The van der Waals surface area contributed by atoms with Crippen LogP contribution in [0.15, 0.2) is 48.5 Å². The smallest absolute Gasteiger partial charge is 0.254 e. The van der Waals surface area contributed by atoms with Crippen LogP contribution in [-0.4, -0.2) is 42.1 Å². The highest BCUT2D eigenvalue weighted by Gasteiger charge is 2.26. The molecule has 2 aromatic carbocycles. The van der Waals surface area contributed by atoms with Gasteiger partial charge >= 0.3 is 0 Å². The van der Waals surface area contributed by atoms with Crippen LogP contribution in [0.5, 0.6) is 0 Å². The molecule has 1 heterocycles. The molecule has 0 unspecified atom stereocenters. The summed E-state index contributed by atoms with van der Waals surface area (Å²) in [4.78, 5) is 38.8. The maximum Gasteiger partial charge on any atom is 0.254 e. The van der Waals surface area contributed by atoms with E-state index in [1.807, 2.05) is 0 Å². The predicted octanol–water partition coefficient (Wildman–Crippen LogP) is 3.56. The van der Waals surface area contributed by atoms with Crippen molar-refractivity contribution in [1.29, 1.82) is 0 Å². The Labute approximate surface area is 169 Å². The Morgan fingerprint density at radius 2 is 1.61 bits per heavy atom. The number of carbonyl (C=O) groups is 3. The van der Waals surface area contributed by atoms with Crippen molar-refractivity contribution in [3.63, 3.8) is 0 Å². The third-order valence-corrected chi connectivity index (χ3v) is 5.30. The summed E-state index contributed by atoms with van der Waals surface area (Å²) >= 11 is 5.90. The van der Waals surface area contributed by atoms with E-state index < -0.39 is 0 Å². The minimum absolute atomic E-state index is 0.0341. The first-order chi connectivity index (χ1) is 13.5. The lowest BCUT2D eigenvalue weighted by Crippen LogP contribution is -2.41. The second kappa shape index (κ2) is 9.02. The Morgan fingerprint density at radius 3 is 2.21 bits per heavy atom. The molecule has 2 amide bonds. The highest BCUT2D eigenvalue weighted by atomic mass is 35.5. The van der Waals surface area contributed by atoms with Crippen molar-refractivity contribution in [3.05, 3.63) is 70.2 Å². The number of hydrogen-bond donors (Lipinski definition) is 1. The largest absolute Gasteiger partial charge is 0.356 e. The molecule has 0 atom stereocenters. The molecule has 0 spiro atoms. The topological polar surface area (TPSA) is 66.5 Å². The van der Waals surface area contributed by atoms with Crippen LogP contribution < -0.4 is 5.32 Å². The molecule has 0 aliphatic carbocycles. The number of amides is 2. The third-order valence-electron chi connectivity index (χ3n) is 5.05. The van der Waals surface area contributed by atoms with Crippen LogP contribution in [0.4, 0.5) is 0 Å². The van der Waals surface area contributed by atoms with Crippen LogP contribution in [0.25, 0.3) is 0 Å². The van der Waals surface area contributed by atoms with Crippen LogP contribution in [-0.2, 0) is 4.79 Å². The van der Waals surface area contributed by atoms with Crippen LogP contribution in [0, 0.1) is 5.92 Å². The van der Waals surface area contributed by atoms with Crippen molar-refractivity contribution in [3.8, 4) is 0 Å². The van der Waals surface area contributed by atoms with E-state index in [2.05, 4.69) is 5.32 Å². The standard InChI is InChI=1S/C22H23ClN2O3/c1-15(26)24-14-16-10-12-25(13-11-16)22(28)20-5-3-2-4-19(20)21(27)17-6-8-18(23)9-7-17/h2-9,16H,10-14H2,1H3,(H,24,26). The summed E-state index contributed by atoms with van der Waals surface area (Å²) in [6, 6.07) is 13.6. The fraction of sp³-hybridized carbons (Fsp3) is 0.318. The van der Waals surface area contributed by atoms with Gasteiger partial charge in [0.2, 0.25) is 5.91 Å². The summed E-state index contributed by atoms with van der Waals surface area (Å²) in [5.74, 6) is 0.0177. The van der Waals surface area contributed by atoms with E-state index in [1.54, 1.807) is 53.4 Å². The molecule has 0 radical (unpaired) electrons. The summed E-state index contributed by atoms with van der Waals surface area (Å²) in [5.41, 5.74) is 1.32. The SMILES string of the molecule is CC(=O)NCC1CCN(C(=O)c2ccccc2C(=O)c2ccc(Cl)cc2)CC1. The zero-order valence-electron chi connectivity index (χ0n) is 15.8. The fourth-order valence-corrected chi connectivity index (χ4v) is 3.55. The molecular weight excluding hydrogens is 376 g/mol. The highest BCUT2D eigenvalue weighted by Crippen LogP contribution is 2.22. The number of rotatable bonds is 5. The molecule has 0 bridgehead atoms. The van der Waals surface area contributed by atoms with Gasteiger partial charge in [0, 0.05) is 42.7 Å². The van der Waals surface area contributed by atoms with Gasteiger partial charge in [-0.3, -0.25) is 14.4 Å². The predicted molar refractivity (Wildman–Crippen MR) is 109 cm³/mol. The molecule has 146 valence electrons. The average Bonchev–Trinajstić information content (AvgIpc) is 2.72. The van der Waals surface area contributed by atoms with Gasteiger partial charge in [-0.1, -0.05) is 29.8 Å². The molecule has 28 heavy (non-hydrogen) atoms. The van der Waals surface area contributed by atoms with Crippen LogP contribution in [0.1, 0.15) is 46.0 Å². The van der Waals surface area contributed by atoms with Crippen molar-refractivity contribution in [2.24, 2.45) is 5.92 Å². The summed E-state index contributed by atoms with van der Waals surface area (Å²) in [6.07, 6.45) is 1.67. The Hall–Kier alpha value is -2.66. The molecule has 2 aromatic rings. The number of hydrogen-bond acceptors (Lipinski definition) is 3. The Balaban J connectivity index is 1.72. The lowest BCUT2D eigenvalue weighted by molar-refractivity contribution is -0.119. The molecule has 3 rings (SSSR count). The second-order valence-corrected chi connectivity index (χ2v) is 7.49. The Morgan fingerprint density at radius 1 is 1.00 bits per heavy atom. The first-order valence-corrected chi connectivity index (χ1v) is 9.76. The molecule has 0 aromatic heterocycles. The van der Waals surface area contributed by atoms with E-state index in [4.69, 9.17) is 11.6 Å². The number of piperidine rings is 1. The van der Waals surface area contributed by atoms with Gasteiger partial charge in [0.05, 0.1) is 5.56 Å². The van der Waals surface area contributed by atoms with E-state index in [9.17, 15) is 14.4 Å². The maximum absolute atomic E-state index is 13.1. The van der Waals surface area contributed by atoms with Crippen molar-refractivity contribution >= 4 is 29.2 Å². The van der Waals surface area contributed by atoms with Gasteiger partial charge in [-0.15, -0.1) is 0 Å². The van der Waals surface area contributed by atoms with Crippen molar-refractivity contribution in [1.82, 2.24) is 10.2 Å². The van der Waals surface area contributed by atoms with Gasteiger partial charge in [-0.25, -0.2) is 0 Å². The summed E-state index contributed by atoms with van der Waals surface area (Å²) in [6.45, 7) is 3.38. The monoisotopic (exact) mass is 398 g/mol. The summed E-state index contributed by atoms with van der Waals surface area (Å²) in [5, 5.41) is 3.40. The zero-order chi connectivity index (χ0) is 20.1. The molecule has 1 saturated heterocycles. The van der Waals surface area contributed by atoms with Gasteiger partial charge in [-0.05, 0) is 49.1 Å². The van der Waals surface area contributed by atoms with Crippen molar-refractivity contribution < 1.29 is 14.4 Å². The number of nitrogens with one attached hydrogen (secondary N) is 1. The molecule has 1 aliphatic rings.